The standard InChI is InChI=1S/C16H26BrN/c1-6-16(5,12-18-15(2,3)4)11-13-9-7-8-10-14(13)17/h7-10,18H,6,11-12H2,1-5H3. The maximum atomic E-state index is 3.65. The Hall–Kier alpha value is -0.340. The first kappa shape index (κ1) is 15.7. The zero-order chi connectivity index (χ0) is 13.8. The van der Waals surface area contributed by atoms with Crippen molar-refractivity contribution in [1.29, 1.82) is 0 Å². The Morgan fingerprint density at radius 2 is 1.72 bits per heavy atom. The monoisotopic (exact) mass is 311 g/mol. The molecule has 1 unspecified atom stereocenters. The third kappa shape index (κ3) is 5.11. The number of hydrogen-bond donors (Lipinski definition) is 1. The van der Waals surface area contributed by atoms with Crippen molar-refractivity contribution in [1.82, 2.24) is 5.32 Å². The lowest BCUT2D eigenvalue weighted by Crippen LogP contribution is -2.43. The summed E-state index contributed by atoms with van der Waals surface area (Å²) >= 11 is 3.65. The van der Waals surface area contributed by atoms with Gasteiger partial charge in [0.05, 0.1) is 0 Å². The highest BCUT2D eigenvalue weighted by molar-refractivity contribution is 9.10. The van der Waals surface area contributed by atoms with Crippen molar-refractivity contribution in [2.45, 2.75) is 53.0 Å². The van der Waals surface area contributed by atoms with Crippen molar-refractivity contribution < 1.29 is 0 Å². The highest BCUT2D eigenvalue weighted by Gasteiger charge is 2.25. The largest absolute Gasteiger partial charge is 0.312 e. The Labute approximate surface area is 120 Å². The van der Waals surface area contributed by atoms with Gasteiger partial charge in [-0.3, -0.25) is 0 Å². The highest BCUT2D eigenvalue weighted by Crippen LogP contribution is 2.29. The lowest BCUT2D eigenvalue weighted by molar-refractivity contribution is 0.254. The summed E-state index contributed by atoms with van der Waals surface area (Å²) < 4.78 is 1.22. The van der Waals surface area contributed by atoms with Gasteiger partial charge in [-0.1, -0.05) is 48.0 Å². The van der Waals surface area contributed by atoms with Crippen LogP contribution in [0.5, 0.6) is 0 Å². The van der Waals surface area contributed by atoms with Gasteiger partial charge in [-0.15, -0.1) is 0 Å². The first-order chi connectivity index (χ1) is 8.26. The fourth-order valence-electron chi connectivity index (χ4n) is 1.89. The number of benzene rings is 1. The summed E-state index contributed by atoms with van der Waals surface area (Å²) in [4.78, 5) is 0. The molecular formula is C16H26BrN. The van der Waals surface area contributed by atoms with E-state index < -0.39 is 0 Å². The fourth-order valence-corrected chi connectivity index (χ4v) is 2.32. The van der Waals surface area contributed by atoms with Crippen LogP contribution in [-0.4, -0.2) is 12.1 Å². The Kier molecular flexibility index (Phi) is 5.42. The third-order valence-electron chi connectivity index (χ3n) is 3.47. The van der Waals surface area contributed by atoms with Crippen LogP contribution in [0.4, 0.5) is 0 Å². The molecule has 2 heteroatoms. The predicted molar refractivity (Wildman–Crippen MR) is 84.0 cm³/mol. The first-order valence-corrected chi connectivity index (χ1v) is 7.53. The third-order valence-corrected chi connectivity index (χ3v) is 4.25. The molecular weight excluding hydrogens is 286 g/mol. The Morgan fingerprint density at radius 3 is 2.22 bits per heavy atom. The molecule has 102 valence electrons. The number of halogens is 1. The van der Waals surface area contributed by atoms with Gasteiger partial charge in [0.1, 0.15) is 0 Å². The molecule has 0 aliphatic rings. The van der Waals surface area contributed by atoms with Gasteiger partial charge in [0.25, 0.3) is 0 Å². The molecule has 1 N–H and O–H groups in total. The van der Waals surface area contributed by atoms with Crippen LogP contribution in [0.3, 0.4) is 0 Å². The van der Waals surface area contributed by atoms with Gasteiger partial charge in [0, 0.05) is 16.6 Å². The highest BCUT2D eigenvalue weighted by atomic mass is 79.9. The van der Waals surface area contributed by atoms with Crippen LogP contribution in [0.15, 0.2) is 28.7 Å². The van der Waals surface area contributed by atoms with Crippen molar-refractivity contribution in [3.05, 3.63) is 34.3 Å². The fraction of sp³-hybridized carbons (Fsp3) is 0.625. The van der Waals surface area contributed by atoms with E-state index in [1.54, 1.807) is 0 Å². The van der Waals surface area contributed by atoms with Gasteiger partial charge >= 0.3 is 0 Å². The average Bonchev–Trinajstić information content (AvgIpc) is 2.29. The van der Waals surface area contributed by atoms with Crippen LogP contribution in [0.25, 0.3) is 0 Å². The lowest BCUT2D eigenvalue weighted by Gasteiger charge is -2.33. The molecule has 1 rings (SSSR count). The summed E-state index contributed by atoms with van der Waals surface area (Å²) in [5.74, 6) is 0. The van der Waals surface area contributed by atoms with Gasteiger partial charge in [-0.2, -0.15) is 0 Å². The van der Waals surface area contributed by atoms with Crippen LogP contribution in [0, 0.1) is 5.41 Å². The van der Waals surface area contributed by atoms with Gasteiger partial charge in [-0.05, 0) is 50.7 Å². The SMILES string of the molecule is CCC(C)(CNC(C)(C)C)Cc1ccccc1Br. The van der Waals surface area contributed by atoms with E-state index in [0.29, 0.717) is 5.41 Å². The van der Waals surface area contributed by atoms with Gasteiger partial charge in [0.2, 0.25) is 0 Å². The zero-order valence-electron chi connectivity index (χ0n) is 12.3. The van der Waals surface area contributed by atoms with E-state index in [-0.39, 0.29) is 5.54 Å². The minimum Gasteiger partial charge on any atom is -0.312 e. The van der Waals surface area contributed by atoms with Crippen molar-refractivity contribution in [3.63, 3.8) is 0 Å². The van der Waals surface area contributed by atoms with Crippen molar-refractivity contribution in [3.8, 4) is 0 Å². The summed E-state index contributed by atoms with van der Waals surface area (Å²) in [6.07, 6.45) is 2.28. The topological polar surface area (TPSA) is 12.0 Å². The summed E-state index contributed by atoms with van der Waals surface area (Å²) in [5, 5.41) is 3.64. The second-order valence-corrected chi connectivity index (χ2v) is 7.39. The Balaban J connectivity index is 2.74. The van der Waals surface area contributed by atoms with Gasteiger partial charge in [-0.25, -0.2) is 0 Å². The van der Waals surface area contributed by atoms with E-state index in [4.69, 9.17) is 0 Å². The molecule has 0 bridgehead atoms. The quantitative estimate of drug-likeness (QED) is 0.824. The molecule has 1 atom stereocenters. The minimum atomic E-state index is 0.185. The molecule has 0 amide bonds. The van der Waals surface area contributed by atoms with E-state index in [1.807, 2.05) is 0 Å². The molecule has 0 heterocycles. The predicted octanol–water partition coefficient (Wildman–Crippen LogP) is 4.80. The Morgan fingerprint density at radius 1 is 1.11 bits per heavy atom. The van der Waals surface area contributed by atoms with Gasteiger partial charge in [0.15, 0.2) is 0 Å². The molecule has 0 radical (unpaired) electrons. The average molecular weight is 312 g/mol. The second-order valence-electron chi connectivity index (χ2n) is 6.54. The molecule has 18 heavy (non-hydrogen) atoms. The molecule has 1 aromatic rings. The second kappa shape index (κ2) is 6.21. The maximum Gasteiger partial charge on any atom is 0.0207 e. The van der Waals surface area contributed by atoms with Crippen LogP contribution in [-0.2, 0) is 6.42 Å². The van der Waals surface area contributed by atoms with Crippen LogP contribution >= 0.6 is 15.9 Å². The molecule has 0 aliphatic heterocycles. The number of rotatable bonds is 5. The van der Waals surface area contributed by atoms with Gasteiger partial charge < -0.3 is 5.32 Å². The lowest BCUT2D eigenvalue weighted by atomic mass is 9.80. The molecule has 0 aliphatic carbocycles. The van der Waals surface area contributed by atoms with E-state index in [2.05, 4.69) is 80.1 Å². The van der Waals surface area contributed by atoms with Crippen molar-refractivity contribution in [2.24, 2.45) is 5.41 Å². The normalized spacial score (nSPS) is 15.4. The minimum absolute atomic E-state index is 0.185. The Bertz CT molecular complexity index is 381. The van der Waals surface area contributed by atoms with Crippen molar-refractivity contribution >= 4 is 15.9 Å². The zero-order valence-corrected chi connectivity index (χ0v) is 13.9. The van der Waals surface area contributed by atoms with E-state index in [1.165, 1.54) is 16.5 Å². The first-order valence-electron chi connectivity index (χ1n) is 6.74. The summed E-state index contributed by atoms with van der Waals surface area (Å²) in [6.45, 7) is 12.4. The molecule has 1 aromatic carbocycles. The summed E-state index contributed by atoms with van der Waals surface area (Å²) in [7, 11) is 0. The number of nitrogens with one attached hydrogen (secondary N) is 1. The van der Waals surface area contributed by atoms with Crippen molar-refractivity contribution in [2.75, 3.05) is 6.54 Å². The summed E-state index contributed by atoms with van der Waals surface area (Å²) in [5.41, 5.74) is 1.89. The molecule has 0 fully saturated rings. The van der Waals surface area contributed by atoms with E-state index in [9.17, 15) is 0 Å². The maximum absolute atomic E-state index is 3.65. The van der Waals surface area contributed by atoms with Crippen LogP contribution < -0.4 is 5.32 Å². The molecule has 1 nitrogen and oxygen atoms in total. The van der Waals surface area contributed by atoms with E-state index in [0.717, 1.165) is 13.0 Å². The smallest absolute Gasteiger partial charge is 0.0207 e. The number of hydrogen-bond acceptors (Lipinski definition) is 1. The molecule has 0 spiro atoms. The van der Waals surface area contributed by atoms with Crippen LogP contribution in [0.2, 0.25) is 0 Å². The van der Waals surface area contributed by atoms with E-state index >= 15 is 0 Å². The molecule has 0 saturated carbocycles. The molecule has 0 aromatic heterocycles. The summed E-state index contributed by atoms with van der Waals surface area (Å²) in [6, 6.07) is 8.54. The molecule has 0 saturated heterocycles. The van der Waals surface area contributed by atoms with Crippen LogP contribution in [0.1, 0.15) is 46.6 Å².